The monoisotopic (exact) mass is 346 g/mol. The maximum atomic E-state index is 4.41. The van der Waals surface area contributed by atoms with Crippen LogP contribution in [0.4, 0.5) is 0 Å². The third-order valence-electron chi connectivity index (χ3n) is 3.12. The van der Waals surface area contributed by atoms with Crippen LogP contribution >= 0.6 is 31.9 Å². The Morgan fingerprint density at radius 3 is 2.94 bits per heavy atom. The fourth-order valence-electron chi connectivity index (χ4n) is 1.96. The zero-order chi connectivity index (χ0) is 11.5. The van der Waals surface area contributed by atoms with Crippen LogP contribution in [0, 0.1) is 5.92 Å². The van der Waals surface area contributed by atoms with E-state index in [9.17, 15) is 0 Å². The standard InChI is InChI=1S/C12H16Br2N2/c1-9-4-5-16(8-12(9)14)7-11-3-2-10(13)6-15-11/h2-3,6,9,12H,4-5,7-8H2,1H3. The minimum atomic E-state index is 0.622. The van der Waals surface area contributed by atoms with E-state index in [-0.39, 0.29) is 0 Å². The average molecular weight is 348 g/mol. The van der Waals surface area contributed by atoms with Crippen LogP contribution in [0.2, 0.25) is 0 Å². The van der Waals surface area contributed by atoms with Gasteiger partial charge in [-0.3, -0.25) is 9.88 Å². The zero-order valence-corrected chi connectivity index (χ0v) is 12.5. The summed E-state index contributed by atoms with van der Waals surface area (Å²) in [5.74, 6) is 0.786. The molecule has 1 saturated heterocycles. The molecule has 0 bridgehead atoms. The van der Waals surface area contributed by atoms with Crippen LogP contribution in [0.5, 0.6) is 0 Å². The molecule has 88 valence electrons. The summed E-state index contributed by atoms with van der Waals surface area (Å²) in [5, 5.41) is 0. The van der Waals surface area contributed by atoms with E-state index in [1.807, 2.05) is 6.20 Å². The highest BCUT2D eigenvalue weighted by atomic mass is 79.9. The summed E-state index contributed by atoms with van der Waals surface area (Å²) < 4.78 is 1.04. The zero-order valence-electron chi connectivity index (χ0n) is 9.37. The van der Waals surface area contributed by atoms with Crippen molar-refractivity contribution in [1.82, 2.24) is 9.88 Å². The molecule has 1 fully saturated rings. The number of hydrogen-bond acceptors (Lipinski definition) is 2. The smallest absolute Gasteiger partial charge is 0.0544 e. The SMILES string of the molecule is CC1CCN(Cc2ccc(Br)cn2)CC1Br. The summed E-state index contributed by atoms with van der Waals surface area (Å²) in [5.41, 5.74) is 1.15. The third kappa shape index (κ3) is 3.28. The molecule has 0 radical (unpaired) electrons. The van der Waals surface area contributed by atoms with Crippen LogP contribution < -0.4 is 0 Å². The molecular weight excluding hydrogens is 332 g/mol. The molecule has 0 saturated carbocycles. The van der Waals surface area contributed by atoms with Crippen molar-refractivity contribution in [3.63, 3.8) is 0 Å². The topological polar surface area (TPSA) is 16.1 Å². The Kier molecular flexibility index (Phi) is 4.39. The molecule has 0 aromatic carbocycles. The number of piperidine rings is 1. The number of aromatic nitrogens is 1. The highest BCUT2D eigenvalue weighted by Gasteiger charge is 2.23. The van der Waals surface area contributed by atoms with E-state index in [0.717, 1.165) is 29.2 Å². The Morgan fingerprint density at radius 2 is 2.31 bits per heavy atom. The Balaban J connectivity index is 1.93. The second-order valence-electron chi connectivity index (χ2n) is 4.48. The van der Waals surface area contributed by atoms with E-state index >= 15 is 0 Å². The van der Waals surface area contributed by atoms with Crippen molar-refractivity contribution in [2.45, 2.75) is 24.7 Å². The predicted molar refractivity (Wildman–Crippen MR) is 73.7 cm³/mol. The largest absolute Gasteiger partial charge is 0.296 e. The van der Waals surface area contributed by atoms with E-state index < -0.39 is 0 Å². The fraction of sp³-hybridized carbons (Fsp3) is 0.583. The molecule has 0 spiro atoms. The van der Waals surface area contributed by atoms with Crippen LogP contribution in [0.15, 0.2) is 22.8 Å². The lowest BCUT2D eigenvalue weighted by Gasteiger charge is -2.33. The summed E-state index contributed by atoms with van der Waals surface area (Å²) in [6, 6.07) is 4.14. The van der Waals surface area contributed by atoms with Gasteiger partial charge < -0.3 is 0 Å². The molecule has 1 aromatic heterocycles. The first kappa shape index (κ1) is 12.5. The molecule has 2 heterocycles. The van der Waals surface area contributed by atoms with Gasteiger partial charge in [0.1, 0.15) is 0 Å². The molecular formula is C12H16Br2N2. The van der Waals surface area contributed by atoms with Crippen molar-refractivity contribution < 1.29 is 0 Å². The van der Waals surface area contributed by atoms with Gasteiger partial charge in [-0.2, -0.15) is 0 Å². The molecule has 0 amide bonds. The van der Waals surface area contributed by atoms with Crippen molar-refractivity contribution in [2.24, 2.45) is 5.92 Å². The van der Waals surface area contributed by atoms with Crippen molar-refractivity contribution >= 4 is 31.9 Å². The van der Waals surface area contributed by atoms with Gasteiger partial charge in [0.15, 0.2) is 0 Å². The van der Waals surface area contributed by atoms with Crippen LogP contribution in [0.1, 0.15) is 19.0 Å². The molecule has 2 unspecified atom stereocenters. The van der Waals surface area contributed by atoms with Gasteiger partial charge in [-0.25, -0.2) is 0 Å². The molecule has 16 heavy (non-hydrogen) atoms. The van der Waals surface area contributed by atoms with E-state index in [4.69, 9.17) is 0 Å². The third-order valence-corrected chi connectivity index (χ3v) is 4.79. The molecule has 2 nitrogen and oxygen atoms in total. The summed E-state index contributed by atoms with van der Waals surface area (Å²) in [7, 11) is 0. The van der Waals surface area contributed by atoms with E-state index in [1.54, 1.807) is 0 Å². The molecule has 2 rings (SSSR count). The number of likely N-dealkylation sites (tertiary alicyclic amines) is 1. The lowest BCUT2D eigenvalue weighted by atomic mass is 9.99. The Morgan fingerprint density at radius 1 is 1.50 bits per heavy atom. The van der Waals surface area contributed by atoms with E-state index in [1.165, 1.54) is 13.0 Å². The van der Waals surface area contributed by atoms with Gasteiger partial charge in [-0.1, -0.05) is 22.9 Å². The van der Waals surface area contributed by atoms with Crippen molar-refractivity contribution in [1.29, 1.82) is 0 Å². The van der Waals surface area contributed by atoms with Gasteiger partial charge in [-0.15, -0.1) is 0 Å². The number of halogens is 2. The van der Waals surface area contributed by atoms with Gasteiger partial charge in [0, 0.05) is 28.6 Å². The van der Waals surface area contributed by atoms with Gasteiger partial charge in [0.25, 0.3) is 0 Å². The highest BCUT2D eigenvalue weighted by Crippen LogP contribution is 2.24. The molecule has 1 aliphatic rings. The van der Waals surface area contributed by atoms with Crippen LogP contribution in [-0.4, -0.2) is 27.8 Å². The molecule has 1 aromatic rings. The number of pyridine rings is 1. The number of alkyl halides is 1. The van der Waals surface area contributed by atoms with Gasteiger partial charge >= 0.3 is 0 Å². The minimum absolute atomic E-state index is 0.622. The highest BCUT2D eigenvalue weighted by molar-refractivity contribution is 9.10. The first-order valence-electron chi connectivity index (χ1n) is 5.62. The maximum absolute atomic E-state index is 4.41. The molecule has 2 atom stereocenters. The fourth-order valence-corrected chi connectivity index (χ4v) is 2.87. The van der Waals surface area contributed by atoms with E-state index in [0.29, 0.717) is 4.83 Å². The first-order valence-corrected chi connectivity index (χ1v) is 7.33. The number of nitrogens with zero attached hydrogens (tertiary/aromatic N) is 2. The lowest BCUT2D eigenvalue weighted by Crippen LogP contribution is -2.39. The second kappa shape index (κ2) is 5.61. The van der Waals surface area contributed by atoms with Crippen LogP contribution in [0.3, 0.4) is 0 Å². The lowest BCUT2D eigenvalue weighted by molar-refractivity contribution is 0.192. The number of hydrogen-bond donors (Lipinski definition) is 0. The maximum Gasteiger partial charge on any atom is 0.0544 e. The Hall–Kier alpha value is 0.0700. The predicted octanol–water partition coefficient (Wildman–Crippen LogP) is 3.45. The normalized spacial score (nSPS) is 26.9. The molecule has 1 aliphatic heterocycles. The molecule has 0 N–H and O–H groups in total. The van der Waals surface area contributed by atoms with Crippen molar-refractivity contribution in [2.75, 3.05) is 13.1 Å². The van der Waals surface area contributed by atoms with Crippen LogP contribution in [0.25, 0.3) is 0 Å². The summed E-state index contributed by atoms with van der Waals surface area (Å²) >= 11 is 7.15. The summed E-state index contributed by atoms with van der Waals surface area (Å²) in [6.07, 6.45) is 3.14. The van der Waals surface area contributed by atoms with Crippen LogP contribution in [-0.2, 0) is 6.54 Å². The summed E-state index contributed by atoms with van der Waals surface area (Å²) in [6.45, 7) is 5.58. The minimum Gasteiger partial charge on any atom is -0.296 e. The van der Waals surface area contributed by atoms with E-state index in [2.05, 4.69) is 60.8 Å². The van der Waals surface area contributed by atoms with Crippen molar-refractivity contribution in [3.8, 4) is 0 Å². The van der Waals surface area contributed by atoms with Crippen molar-refractivity contribution in [3.05, 3.63) is 28.5 Å². The average Bonchev–Trinajstić information content (AvgIpc) is 2.27. The number of rotatable bonds is 2. The Bertz CT molecular complexity index is 339. The van der Waals surface area contributed by atoms with Gasteiger partial charge in [0.05, 0.1) is 5.69 Å². The first-order chi connectivity index (χ1) is 7.65. The Labute approximate surface area is 114 Å². The van der Waals surface area contributed by atoms with Gasteiger partial charge in [0.2, 0.25) is 0 Å². The quantitative estimate of drug-likeness (QED) is 0.762. The molecule has 0 aliphatic carbocycles. The molecule has 4 heteroatoms. The van der Waals surface area contributed by atoms with Gasteiger partial charge in [-0.05, 0) is 46.9 Å². The second-order valence-corrected chi connectivity index (χ2v) is 6.58. The summed E-state index contributed by atoms with van der Waals surface area (Å²) in [4.78, 5) is 7.50.